The first-order chi connectivity index (χ1) is 9.79. The molecule has 1 heterocycles. The second kappa shape index (κ2) is 6.03. The van der Waals surface area contributed by atoms with Crippen LogP contribution in [0.4, 0.5) is 18.9 Å². The smallest absolute Gasteiger partial charge is 0.389 e. The second-order valence-corrected chi connectivity index (χ2v) is 5.76. The maximum absolute atomic E-state index is 12.7. The summed E-state index contributed by atoms with van der Waals surface area (Å²) >= 11 is 6.41. The van der Waals surface area contributed by atoms with Crippen LogP contribution in [0.1, 0.15) is 29.7 Å². The molecule has 0 saturated heterocycles. The Balaban J connectivity index is 2.33. The van der Waals surface area contributed by atoms with Gasteiger partial charge in [-0.25, -0.2) is 0 Å². The van der Waals surface area contributed by atoms with Gasteiger partial charge in [-0.1, -0.05) is 12.2 Å². The topological polar surface area (TPSA) is 38.0 Å². The van der Waals surface area contributed by atoms with Crippen LogP contribution in [-0.4, -0.2) is 4.99 Å². The van der Waals surface area contributed by atoms with Crippen LogP contribution in [0.3, 0.4) is 0 Å². The fraction of sp³-hybridized carbons (Fsp3) is 0.214. The summed E-state index contributed by atoms with van der Waals surface area (Å²) in [5.41, 5.74) is 6.52. The molecule has 1 atom stereocenters. The summed E-state index contributed by atoms with van der Waals surface area (Å²) in [6, 6.07) is 5.25. The zero-order valence-corrected chi connectivity index (χ0v) is 12.7. The second-order valence-electron chi connectivity index (χ2n) is 4.55. The van der Waals surface area contributed by atoms with E-state index in [0.717, 1.165) is 17.7 Å². The average molecular weight is 330 g/mol. The van der Waals surface area contributed by atoms with Crippen molar-refractivity contribution in [1.29, 1.82) is 0 Å². The van der Waals surface area contributed by atoms with Crippen molar-refractivity contribution < 1.29 is 13.2 Å². The van der Waals surface area contributed by atoms with Gasteiger partial charge in [0.2, 0.25) is 0 Å². The van der Waals surface area contributed by atoms with Gasteiger partial charge in [0.15, 0.2) is 0 Å². The van der Waals surface area contributed by atoms with Crippen LogP contribution in [0.5, 0.6) is 0 Å². The van der Waals surface area contributed by atoms with Crippen LogP contribution < -0.4 is 11.1 Å². The Morgan fingerprint density at radius 1 is 1.33 bits per heavy atom. The lowest BCUT2D eigenvalue weighted by atomic mass is 10.1. The average Bonchev–Trinajstić information content (AvgIpc) is 2.91. The highest BCUT2D eigenvalue weighted by Gasteiger charge is 2.31. The maximum Gasteiger partial charge on any atom is 0.416 e. The van der Waals surface area contributed by atoms with E-state index in [1.807, 2.05) is 23.8 Å². The van der Waals surface area contributed by atoms with Crippen LogP contribution >= 0.6 is 23.6 Å². The van der Waals surface area contributed by atoms with E-state index in [2.05, 4.69) is 5.32 Å². The van der Waals surface area contributed by atoms with Crippen LogP contribution in [-0.2, 0) is 6.18 Å². The van der Waals surface area contributed by atoms with Gasteiger partial charge in [0.1, 0.15) is 4.99 Å². The summed E-state index contributed by atoms with van der Waals surface area (Å²) in [4.78, 5) is -0.0684. The van der Waals surface area contributed by atoms with E-state index in [0.29, 0.717) is 5.69 Å². The number of halogens is 3. The number of nitrogens with two attached hydrogens (primary N) is 1. The third-order valence-corrected chi connectivity index (χ3v) is 3.95. The lowest BCUT2D eigenvalue weighted by molar-refractivity contribution is -0.137. The largest absolute Gasteiger partial charge is 0.416 e. The number of hydrogen-bond donors (Lipinski definition) is 2. The van der Waals surface area contributed by atoms with E-state index >= 15 is 0 Å². The number of benzene rings is 1. The van der Waals surface area contributed by atoms with E-state index in [-0.39, 0.29) is 16.6 Å². The van der Waals surface area contributed by atoms with E-state index < -0.39 is 11.7 Å². The van der Waals surface area contributed by atoms with Crippen molar-refractivity contribution in [3.63, 3.8) is 0 Å². The number of nitrogens with one attached hydrogen (secondary N) is 1. The van der Waals surface area contributed by atoms with Gasteiger partial charge < -0.3 is 11.1 Å². The molecular formula is C14H13F3N2S2. The third-order valence-electron chi connectivity index (χ3n) is 3.03. The minimum absolute atomic E-state index is 0.0545. The molecule has 3 N–H and O–H groups in total. The van der Waals surface area contributed by atoms with Crippen molar-refractivity contribution in [3.8, 4) is 0 Å². The molecule has 0 radical (unpaired) electrons. The number of thiophene rings is 1. The quantitative estimate of drug-likeness (QED) is 0.806. The van der Waals surface area contributed by atoms with E-state index in [1.165, 1.54) is 6.07 Å². The molecule has 0 spiro atoms. The van der Waals surface area contributed by atoms with Gasteiger partial charge in [-0.05, 0) is 47.5 Å². The molecule has 2 nitrogen and oxygen atoms in total. The van der Waals surface area contributed by atoms with Gasteiger partial charge in [-0.2, -0.15) is 24.5 Å². The molecule has 1 aromatic heterocycles. The third kappa shape index (κ3) is 3.74. The van der Waals surface area contributed by atoms with Crippen molar-refractivity contribution in [3.05, 3.63) is 51.7 Å². The first kappa shape index (κ1) is 15.8. The minimum Gasteiger partial charge on any atom is -0.389 e. The van der Waals surface area contributed by atoms with Crippen LogP contribution in [0.15, 0.2) is 35.0 Å². The zero-order chi connectivity index (χ0) is 15.6. The normalized spacial score (nSPS) is 13.0. The predicted molar refractivity (Wildman–Crippen MR) is 83.7 cm³/mol. The molecule has 21 heavy (non-hydrogen) atoms. The van der Waals surface area contributed by atoms with E-state index in [4.69, 9.17) is 18.0 Å². The van der Waals surface area contributed by atoms with Crippen molar-refractivity contribution in [1.82, 2.24) is 0 Å². The van der Waals surface area contributed by atoms with Gasteiger partial charge in [-0.15, -0.1) is 0 Å². The Bertz CT molecular complexity index is 636. The molecular weight excluding hydrogens is 317 g/mol. The molecule has 2 rings (SSSR count). The van der Waals surface area contributed by atoms with Crippen LogP contribution in [0.2, 0.25) is 0 Å². The van der Waals surface area contributed by atoms with Crippen molar-refractivity contribution in [2.45, 2.75) is 19.1 Å². The van der Waals surface area contributed by atoms with E-state index in [9.17, 15) is 13.2 Å². The Hall–Kier alpha value is -1.60. The SMILES string of the molecule is CC(Nc1ccc(C(F)(F)F)cc1C(N)=S)c1ccsc1. The summed E-state index contributed by atoms with van der Waals surface area (Å²) in [7, 11) is 0. The summed E-state index contributed by atoms with van der Waals surface area (Å²) < 4.78 is 38.2. The zero-order valence-electron chi connectivity index (χ0n) is 11.1. The predicted octanol–water partition coefficient (Wildman–Crippen LogP) is 4.57. The highest BCUT2D eigenvalue weighted by atomic mass is 32.1. The Morgan fingerprint density at radius 3 is 2.57 bits per heavy atom. The summed E-state index contributed by atoms with van der Waals surface area (Å²) in [6.45, 7) is 1.92. The molecule has 1 unspecified atom stereocenters. The minimum atomic E-state index is -4.42. The Labute approximate surface area is 129 Å². The molecule has 0 amide bonds. The van der Waals surface area contributed by atoms with Gasteiger partial charge >= 0.3 is 6.18 Å². The van der Waals surface area contributed by atoms with Gasteiger partial charge in [0, 0.05) is 17.3 Å². The van der Waals surface area contributed by atoms with Crippen LogP contribution in [0, 0.1) is 0 Å². The standard InChI is InChI=1S/C14H13F3N2S2/c1-8(9-4-5-21-7-9)19-12-3-2-10(14(15,16)17)6-11(12)13(18)20/h2-8,19H,1H3,(H2,18,20). The lowest BCUT2D eigenvalue weighted by Crippen LogP contribution is -2.17. The molecule has 0 fully saturated rings. The number of anilines is 1. The molecule has 0 aliphatic carbocycles. The fourth-order valence-electron chi connectivity index (χ4n) is 1.89. The summed E-state index contributed by atoms with van der Waals surface area (Å²) in [6.07, 6.45) is -4.42. The molecule has 112 valence electrons. The number of thiocarbonyl (C=S) groups is 1. The first-order valence-electron chi connectivity index (χ1n) is 6.08. The molecule has 2 aromatic rings. The molecule has 1 aromatic carbocycles. The van der Waals surface area contributed by atoms with Gasteiger partial charge in [0.25, 0.3) is 0 Å². The highest BCUT2D eigenvalue weighted by Crippen LogP contribution is 2.33. The van der Waals surface area contributed by atoms with Crippen molar-refractivity contribution in [2.75, 3.05) is 5.32 Å². The number of hydrogen-bond acceptors (Lipinski definition) is 3. The van der Waals surface area contributed by atoms with Gasteiger partial charge in [-0.3, -0.25) is 0 Å². The van der Waals surface area contributed by atoms with Crippen molar-refractivity contribution in [2.24, 2.45) is 5.73 Å². The van der Waals surface area contributed by atoms with Crippen molar-refractivity contribution >= 4 is 34.2 Å². The maximum atomic E-state index is 12.7. The highest BCUT2D eigenvalue weighted by molar-refractivity contribution is 7.80. The van der Waals surface area contributed by atoms with Crippen LogP contribution in [0.25, 0.3) is 0 Å². The first-order valence-corrected chi connectivity index (χ1v) is 7.44. The number of alkyl halides is 3. The monoisotopic (exact) mass is 330 g/mol. The van der Waals surface area contributed by atoms with Gasteiger partial charge in [0.05, 0.1) is 5.56 Å². The summed E-state index contributed by atoms with van der Waals surface area (Å²) in [5, 5.41) is 7.06. The molecule has 0 aliphatic heterocycles. The Kier molecular flexibility index (Phi) is 4.53. The number of rotatable bonds is 4. The summed E-state index contributed by atoms with van der Waals surface area (Å²) in [5.74, 6) is 0. The molecule has 0 bridgehead atoms. The Morgan fingerprint density at radius 2 is 2.05 bits per heavy atom. The molecule has 0 aliphatic rings. The fourth-order valence-corrected chi connectivity index (χ4v) is 2.81. The molecule has 0 saturated carbocycles. The molecule has 7 heteroatoms. The lowest BCUT2D eigenvalue weighted by Gasteiger charge is -2.18. The van der Waals surface area contributed by atoms with E-state index in [1.54, 1.807) is 11.3 Å².